The third-order valence-electron chi connectivity index (χ3n) is 6.02. The van der Waals surface area contributed by atoms with E-state index in [0.717, 1.165) is 51.4 Å². The van der Waals surface area contributed by atoms with Crippen molar-refractivity contribution in [2.45, 2.75) is 116 Å². The molecule has 11 nitrogen and oxygen atoms in total. The summed E-state index contributed by atoms with van der Waals surface area (Å²) in [6.07, 6.45) is 7.60. The molecule has 3 unspecified atom stereocenters. The van der Waals surface area contributed by atoms with E-state index in [4.69, 9.17) is 19.7 Å². The van der Waals surface area contributed by atoms with Gasteiger partial charge in [0, 0.05) is 12.8 Å². The zero-order valence-corrected chi connectivity index (χ0v) is 27.1. The second-order valence-electron chi connectivity index (χ2n) is 9.33. The van der Waals surface area contributed by atoms with Crippen LogP contribution in [0.25, 0.3) is 0 Å². The number of carbonyl (C=O) groups is 4. The van der Waals surface area contributed by atoms with Gasteiger partial charge in [0.25, 0.3) is 0 Å². The van der Waals surface area contributed by atoms with E-state index in [1.165, 1.54) is 0 Å². The van der Waals surface area contributed by atoms with Crippen molar-refractivity contribution >= 4 is 34.0 Å². The Kier molecular flexibility index (Phi) is 27.9. The van der Waals surface area contributed by atoms with Gasteiger partial charge in [-0.25, -0.2) is 8.42 Å². The molecule has 0 saturated heterocycles. The van der Waals surface area contributed by atoms with Crippen LogP contribution in [0, 0.1) is 11.8 Å². The monoisotopic (exact) mass is 590 g/mol. The smallest absolute Gasteiger partial charge is 0.747 e. The molecule has 39 heavy (non-hydrogen) atoms. The quantitative estimate of drug-likeness (QED) is 0.0855. The summed E-state index contributed by atoms with van der Waals surface area (Å²) in [5.74, 6) is -3.48. The van der Waals surface area contributed by atoms with E-state index < -0.39 is 45.7 Å². The summed E-state index contributed by atoms with van der Waals surface area (Å²) in [7, 11) is -5.01. The van der Waals surface area contributed by atoms with E-state index in [9.17, 15) is 32.1 Å². The van der Waals surface area contributed by atoms with Crippen molar-refractivity contribution < 1.29 is 81.4 Å². The molecule has 0 aliphatic rings. The Hall–Kier alpha value is -1.21. The van der Waals surface area contributed by atoms with Crippen LogP contribution >= 0.6 is 0 Å². The Bertz CT molecular complexity index is 771. The fourth-order valence-electron chi connectivity index (χ4n) is 3.37. The summed E-state index contributed by atoms with van der Waals surface area (Å²) in [4.78, 5) is 43.9. The van der Waals surface area contributed by atoms with E-state index in [1.807, 2.05) is 13.8 Å². The topological polar surface area (TPSA) is 184 Å². The van der Waals surface area contributed by atoms with E-state index in [2.05, 4.69) is 13.8 Å². The van der Waals surface area contributed by atoms with Gasteiger partial charge in [-0.1, -0.05) is 66.2 Å². The van der Waals surface area contributed by atoms with Crippen molar-refractivity contribution in [2.24, 2.45) is 11.8 Å². The van der Waals surface area contributed by atoms with Gasteiger partial charge in [0.2, 0.25) is 0 Å². The van der Waals surface area contributed by atoms with Crippen LogP contribution in [0.1, 0.15) is 111 Å². The summed E-state index contributed by atoms with van der Waals surface area (Å²) < 4.78 is 44.6. The number of ether oxygens (including phenoxy) is 2. The molecule has 3 atom stereocenters. The number of rotatable bonds is 21. The molecular formula is C26H47NaO11S. The number of esters is 2. The van der Waals surface area contributed by atoms with Crippen molar-refractivity contribution in [3.05, 3.63) is 0 Å². The van der Waals surface area contributed by atoms with Gasteiger partial charge in [0.1, 0.15) is 10.1 Å². The number of carbonyl (C=O) groups excluding carboxylic acids is 2. The molecule has 0 heterocycles. The molecule has 0 aliphatic carbocycles. The molecule has 13 heteroatoms. The Morgan fingerprint density at radius 1 is 0.744 bits per heavy atom. The standard InChI is InChI=1S/C20H38O7S.C6H10O4.Na/c1-5-9-11-16(7-3)14-26-19(21)13-18(28(23,24)25)20(22)27-15-17(8-4)12-10-6-2;7-5(8)3-1-2-4-6(9)10;/h16-18H,5-15H2,1-4H3,(H,23,24,25);1-4H2,(H,7,8)(H,9,10);/q;;+1/p-1. The molecule has 0 radical (unpaired) electrons. The first-order valence-electron chi connectivity index (χ1n) is 13.5. The first-order chi connectivity index (χ1) is 17.8. The molecule has 224 valence electrons. The molecule has 2 N–H and O–H groups in total. The summed E-state index contributed by atoms with van der Waals surface area (Å²) >= 11 is 0. The molecule has 0 aromatic carbocycles. The van der Waals surface area contributed by atoms with E-state index in [1.54, 1.807) is 0 Å². The van der Waals surface area contributed by atoms with Crippen LogP contribution in [0.2, 0.25) is 0 Å². The molecule has 0 bridgehead atoms. The van der Waals surface area contributed by atoms with Gasteiger partial charge in [0.15, 0.2) is 5.25 Å². The van der Waals surface area contributed by atoms with Gasteiger partial charge < -0.3 is 24.2 Å². The first-order valence-corrected chi connectivity index (χ1v) is 15.0. The number of carboxylic acids is 2. The van der Waals surface area contributed by atoms with Crippen molar-refractivity contribution in [3.63, 3.8) is 0 Å². The van der Waals surface area contributed by atoms with Gasteiger partial charge in [-0.15, -0.1) is 0 Å². The maximum atomic E-state index is 12.1. The van der Waals surface area contributed by atoms with Crippen LogP contribution in [-0.2, 0) is 38.8 Å². The third kappa shape index (κ3) is 25.5. The van der Waals surface area contributed by atoms with Crippen molar-refractivity contribution in [1.82, 2.24) is 0 Å². The van der Waals surface area contributed by atoms with E-state index in [0.29, 0.717) is 12.8 Å². The van der Waals surface area contributed by atoms with Crippen LogP contribution in [0.4, 0.5) is 0 Å². The second kappa shape index (κ2) is 25.7. The van der Waals surface area contributed by atoms with Crippen LogP contribution in [-0.4, -0.2) is 65.5 Å². The van der Waals surface area contributed by atoms with E-state index in [-0.39, 0.29) is 67.4 Å². The maximum absolute atomic E-state index is 12.1. The van der Waals surface area contributed by atoms with Crippen molar-refractivity contribution in [2.75, 3.05) is 13.2 Å². The number of hydrogen-bond acceptors (Lipinski definition) is 9. The molecule has 0 fully saturated rings. The summed E-state index contributed by atoms with van der Waals surface area (Å²) in [5.41, 5.74) is 0. The third-order valence-corrected chi connectivity index (χ3v) is 7.08. The Morgan fingerprint density at radius 3 is 1.49 bits per heavy atom. The molecule has 0 rings (SSSR count). The van der Waals surface area contributed by atoms with Crippen molar-refractivity contribution in [3.8, 4) is 0 Å². The van der Waals surface area contributed by atoms with Crippen LogP contribution < -0.4 is 29.6 Å². The average molecular weight is 591 g/mol. The molecule has 0 amide bonds. The largest absolute Gasteiger partial charge is 1.00 e. The molecular weight excluding hydrogens is 543 g/mol. The Labute approximate surface area is 255 Å². The summed E-state index contributed by atoms with van der Waals surface area (Å²) in [6.45, 7) is 8.26. The number of carboxylic acid groups (broad SMARTS) is 2. The first kappa shape index (κ1) is 42.3. The van der Waals surface area contributed by atoms with E-state index >= 15 is 0 Å². The maximum Gasteiger partial charge on any atom is 1.00 e. The van der Waals surface area contributed by atoms with Gasteiger partial charge in [-0.2, -0.15) is 0 Å². The van der Waals surface area contributed by atoms with Gasteiger partial charge >= 0.3 is 53.4 Å². The predicted molar refractivity (Wildman–Crippen MR) is 140 cm³/mol. The predicted octanol–water partition coefficient (Wildman–Crippen LogP) is 1.53. The van der Waals surface area contributed by atoms with Crippen molar-refractivity contribution in [1.29, 1.82) is 0 Å². The minimum absolute atomic E-state index is 0. The number of hydrogen-bond donors (Lipinski definition) is 2. The average Bonchev–Trinajstić information content (AvgIpc) is 2.84. The minimum Gasteiger partial charge on any atom is -0.747 e. The van der Waals surface area contributed by atoms with Crippen LogP contribution in [0.5, 0.6) is 0 Å². The summed E-state index contributed by atoms with van der Waals surface area (Å²) in [6, 6.07) is 0. The zero-order chi connectivity index (χ0) is 29.6. The fourth-order valence-corrected chi connectivity index (χ4v) is 4.01. The number of unbranched alkanes of at least 4 members (excludes halogenated alkanes) is 3. The SMILES string of the molecule is CCCCC(CC)COC(=O)CC(C(=O)OCC(CC)CCCC)S(=O)(=O)[O-].O=C(O)CCCCC(=O)O.[Na+]. The molecule has 0 saturated carbocycles. The van der Waals surface area contributed by atoms with Gasteiger partial charge in [-0.3, -0.25) is 19.2 Å². The second-order valence-corrected chi connectivity index (χ2v) is 10.9. The fraction of sp³-hybridized carbons (Fsp3) is 0.846. The summed E-state index contributed by atoms with van der Waals surface area (Å²) in [5, 5.41) is 14.2. The molecule has 0 spiro atoms. The Morgan fingerprint density at radius 2 is 1.15 bits per heavy atom. The van der Waals surface area contributed by atoms with Crippen LogP contribution in [0.15, 0.2) is 0 Å². The number of aliphatic carboxylic acids is 2. The normalized spacial score (nSPS) is 13.1. The molecule has 0 aromatic heterocycles. The molecule has 0 aromatic rings. The Balaban J connectivity index is -0.000000995. The molecule has 0 aliphatic heterocycles. The van der Waals surface area contributed by atoms with Gasteiger partial charge in [-0.05, 0) is 37.5 Å². The van der Waals surface area contributed by atoms with Gasteiger partial charge in [0.05, 0.1) is 19.6 Å². The zero-order valence-electron chi connectivity index (χ0n) is 24.3. The van der Waals surface area contributed by atoms with Crippen LogP contribution in [0.3, 0.4) is 0 Å². The minimum atomic E-state index is -5.01.